The van der Waals surface area contributed by atoms with Crippen molar-refractivity contribution in [2.75, 3.05) is 23.1 Å². The van der Waals surface area contributed by atoms with Crippen LogP contribution in [-0.4, -0.2) is 44.9 Å². The molecule has 0 bridgehead atoms. The predicted molar refractivity (Wildman–Crippen MR) is 133 cm³/mol. The largest absolute Gasteiger partial charge is 0.372 e. The number of aromatic nitrogens is 4. The molecular weight excluding hydrogens is 454 g/mol. The molecule has 0 aliphatic heterocycles. The van der Waals surface area contributed by atoms with E-state index in [1.54, 1.807) is 31.0 Å². The van der Waals surface area contributed by atoms with Gasteiger partial charge in [-0.15, -0.1) is 11.3 Å². The van der Waals surface area contributed by atoms with Crippen molar-refractivity contribution in [2.24, 2.45) is 7.05 Å². The highest BCUT2D eigenvalue weighted by Crippen LogP contribution is 2.24. The first kappa shape index (κ1) is 25.3. The number of anilines is 3. The van der Waals surface area contributed by atoms with Crippen molar-refractivity contribution in [1.82, 2.24) is 19.7 Å². The maximum absolute atomic E-state index is 12.4. The summed E-state index contributed by atoms with van der Waals surface area (Å²) in [5, 5.41) is 13.3. The molecule has 0 saturated heterocycles. The van der Waals surface area contributed by atoms with E-state index in [1.807, 2.05) is 18.2 Å². The van der Waals surface area contributed by atoms with E-state index in [0.717, 1.165) is 29.0 Å². The fraction of sp³-hybridized carbons (Fsp3) is 0.435. The molecule has 0 saturated carbocycles. The van der Waals surface area contributed by atoms with Gasteiger partial charge in [0, 0.05) is 42.9 Å². The number of hydrogen-bond donors (Lipinski definition) is 3. The Morgan fingerprint density at radius 2 is 1.91 bits per heavy atom. The van der Waals surface area contributed by atoms with Gasteiger partial charge in [-0.2, -0.15) is 5.10 Å². The first-order chi connectivity index (χ1) is 16.0. The van der Waals surface area contributed by atoms with E-state index in [1.165, 1.54) is 18.4 Å². The first-order valence-corrected chi connectivity index (χ1v) is 11.7. The van der Waals surface area contributed by atoms with Crippen LogP contribution < -0.4 is 16.0 Å². The van der Waals surface area contributed by atoms with Gasteiger partial charge in [0.1, 0.15) is 17.7 Å². The number of nitrogens with one attached hydrogen (secondary N) is 3. The van der Waals surface area contributed by atoms with Crippen molar-refractivity contribution in [3.05, 3.63) is 46.7 Å². The summed E-state index contributed by atoms with van der Waals surface area (Å²) in [6.45, 7) is 7.89. The lowest BCUT2D eigenvalue weighted by Crippen LogP contribution is -2.26. The molecule has 182 valence electrons. The number of ether oxygens (including phenoxy) is 1. The van der Waals surface area contributed by atoms with Gasteiger partial charge in [0.05, 0.1) is 5.69 Å². The summed E-state index contributed by atoms with van der Waals surface area (Å²) >= 11 is 1.42. The standard InChI is InChI=1S/C23H31N7O3S/c1-14(33-6)20(31)26-18-11-15(9-10-24-18)7-8-16-13-25-22(34-16)28-21(32)27-19-12-17(23(2,3)4)29-30(19)5/h9-14H,7-8H2,1-6H3,(H,24,26,31)(H2,25,27,28,32). The third-order valence-corrected chi connectivity index (χ3v) is 6.09. The van der Waals surface area contributed by atoms with E-state index in [0.29, 0.717) is 16.8 Å². The number of thiazole rings is 1. The maximum atomic E-state index is 12.4. The van der Waals surface area contributed by atoms with Crippen LogP contribution in [-0.2, 0) is 34.8 Å². The van der Waals surface area contributed by atoms with Gasteiger partial charge < -0.3 is 10.1 Å². The van der Waals surface area contributed by atoms with Crippen LogP contribution in [0.2, 0.25) is 0 Å². The Hall–Kier alpha value is -3.31. The fourth-order valence-electron chi connectivity index (χ4n) is 2.98. The van der Waals surface area contributed by atoms with Crippen LogP contribution in [0, 0.1) is 0 Å². The van der Waals surface area contributed by atoms with Crippen LogP contribution in [0.4, 0.5) is 21.6 Å². The lowest BCUT2D eigenvalue weighted by atomic mass is 9.92. The van der Waals surface area contributed by atoms with Gasteiger partial charge in [0.2, 0.25) is 0 Å². The topological polar surface area (TPSA) is 123 Å². The molecule has 10 nitrogen and oxygen atoms in total. The van der Waals surface area contributed by atoms with E-state index >= 15 is 0 Å². The van der Waals surface area contributed by atoms with Crippen LogP contribution in [0.25, 0.3) is 0 Å². The highest BCUT2D eigenvalue weighted by Gasteiger charge is 2.20. The summed E-state index contributed by atoms with van der Waals surface area (Å²) in [5.74, 6) is 0.851. The zero-order chi connectivity index (χ0) is 24.9. The smallest absolute Gasteiger partial charge is 0.326 e. The maximum Gasteiger partial charge on any atom is 0.326 e. The molecule has 3 rings (SSSR count). The number of pyridine rings is 1. The molecular formula is C23H31N7O3S. The van der Waals surface area contributed by atoms with Crippen LogP contribution in [0.5, 0.6) is 0 Å². The number of carbonyl (C=O) groups is 2. The molecule has 3 amide bonds. The quantitative estimate of drug-likeness (QED) is 0.444. The summed E-state index contributed by atoms with van der Waals surface area (Å²) < 4.78 is 6.67. The molecule has 1 unspecified atom stereocenters. The van der Waals surface area contributed by atoms with Crippen LogP contribution in [0.1, 0.15) is 43.8 Å². The zero-order valence-electron chi connectivity index (χ0n) is 20.3. The third-order valence-electron chi connectivity index (χ3n) is 5.12. The monoisotopic (exact) mass is 485 g/mol. The summed E-state index contributed by atoms with van der Waals surface area (Å²) in [6.07, 6.45) is 4.35. The van der Waals surface area contributed by atoms with Crippen molar-refractivity contribution in [3.63, 3.8) is 0 Å². The van der Waals surface area contributed by atoms with Gasteiger partial charge in [-0.25, -0.2) is 14.8 Å². The van der Waals surface area contributed by atoms with E-state index in [2.05, 4.69) is 51.8 Å². The van der Waals surface area contributed by atoms with Crippen molar-refractivity contribution in [3.8, 4) is 0 Å². The molecule has 3 heterocycles. The minimum Gasteiger partial charge on any atom is -0.372 e. The SMILES string of the molecule is COC(C)C(=O)Nc1cc(CCc2cnc(NC(=O)Nc3cc(C(C)(C)C)nn3C)s2)ccn1. The number of amides is 3. The second-order valence-corrected chi connectivity index (χ2v) is 10.0. The predicted octanol–water partition coefficient (Wildman–Crippen LogP) is 3.97. The molecule has 3 aromatic heterocycles. The van der Waals surface area contributed by atoms with E-state index in [-0.39, 0.29) is 17.4 Å². The number of aryl methyl sites for hydroxylation is 3. The number of methoxy groups -OCH3 is 1. The lowest BCUT2D eigenvalue weighted by molar-refractivity contribution is -0.124. The summed E-state index contributed by atoms with van der Waals surface area (Å²) in [7, 11) is 3.28. The number of rotatable bonds is 8. The highest BCUT2D eigenvalue weighted by atomic mass is 32.1. The summed E-state index contributed by atoms with van der Waals surface area (Å²) in [5.41, 5.74) is 1.82. The average molecular weight is 486 g/mol. The summed E-state index contributed by atoms with van der Waals surface area (Å²) in [4.78, 5) is 33.9. The van der Waals surface area contributed by atoms with Crippen LogP contribution >= 0.6 is 11.3 Å². The van der Waals surface area contributed by atoms with Crippen LogP contribution in [0.15, 0.2) is 30.6 Å². The Kier molecular flexibility index (Phi) is 8.00. The zero-order valence-corrected chi connectivity index (χ0v) is 21.1. The first-order valence-electron chi connectivity index (χ1n) is 10.9. The number of urea groups is 1. The molecule has 0 radical (unpaired) electrons. The average Bonchev–Trinajstić information content (AvgIpc) is 3.38. The molecule has 11 heteroatoms. The lowest BCUT2D eigenvalue weighted by Gasteiger charge is -2.13. The van der Waals surface area contributed by atoms with Gasteiger partial charge in [0.15, 0.2) is 5.13 Å². The second kappa shape index (κ2) is 10.7. The number of carbonyl (C=O) groups excluding carboxylic acids is 2. The molecule has 0 aromatic carbocycles. The van der Waals surface area contributed by atoms with E-state index in [9.17, 15) is 9.59 Å². The molecule has 1 atom stereocenters. The van der Waals surface area contributed by atoms with Gasteiger partial charge in [-0.05, 0) is 37.5 Å². The Morgan fingerprint density at radius 1 is 1.15 bits per heavy atom. The van der Waals surface area contributed by atoms with Gasteiger partial charge >= 0.3 is 6.03 Å². The third kappa shape index (κ3) is 6.84. The minimum atomic E-state index is -0.552. The molecule has 0 spiro atoms. The highest BCUT2D eigenvalue weighted by molar-refractivity contribution is 7.15. The van der Waals surface area contributed by atoms with Gasteiger partial charge in [-0.3, -0.25) is 20.1 Å². The Morgan fingerprint density at radius 3 is 2.59 bits per heavy atom. The van der Waals surface area contributed by atoms with Gasteiger partial charge in [0.25, 0.3) is 5.91 Å². The van der Waals surface area contributed by atoms with Crippen molar-refractivity contribution in [1.29, 1.82) is 0 Å². The fourth-order valence-corrected chi connectivity index (χ4v) is 3.78. The van der Waals surface area contributed by atoms with Crippen molar-refractivity contribution in [2.45, 2.75) is 52.1 Å². The molecule has 0 aliphatic carbocycles. The minimum absolute atomic E-state index is 0.109. The summed E-state index contributed by atoms with van der Waals surface area (Å²) in [6, 6.07) is 5.24. The molecule has 0 fully saturated rings. The molecule has 3 aromatic rings. The van der Waals surface area contributed by atoms with E-state index < -0.39 is 6.10 Å². The van der Waals surface area contributed by atoms with Crippen molar-refractivity contribution < 1.29 is 14.3 Å². The van der Waals surface area contributed by atoms with Crippen molar-refractivity contribution >= 4 is 40.0 Å². The van der Waals surface area contributed by atoms with Crippen LogP contribution in [0.3, 0.4) is 0 Å². The molecule has 0 aliphatic rings. The molecule has 34 heavy (non-hydrogen) atoms. The molecule has 3 N–H and O–H groups in total. The second-order valence-electron chi connectivity index (χ2n) is 8.92. The van der Waals surface area contributed by atoms with Gasteiger partial charge in [-0.1, -0.05) is 20.8 Å². The Balaban J connectivity index is 1.53. The Labute approximate surface area is 203 Å². The normalized spacial score (nSPS) is 12.3. The number of nitrogens with zero attached hydrogens (tertiary/aromatic N) is 4. The number of hydrogen-bond acceptors (Lipinski definition) is 7. The Bertz CT molecular complexity index is 1150. The van der Waals surface area contributed by atoms with E-state index in [4.69, 9.17) is 4.74 Å².